The normalized spacial score (nSPS) is 18.7. The maximum atomic E-state index is 15.6. The molecular formula is C34H32ClN3O7S. The number of methoxy groups -OCH3 is 3. The van der Waals surface area contributed by atoms with Crippen LogP contribution in [0, 0.1) is 0 Å². The van der Waals surface area contributed by atoms with Gasteiger partial charge in [-0.05, 0) is 48.0 Å². The number of anilines is 2. The van der Waals surface area contributed by atoms with Crippen molar-refractivity contribution in [2.24, 2.45) is 0 Å². The molecule has 1 unspecified atom stereocenters. The molecule has 12 heteroatoms. The fraction of sp³-hybridized carbons (Fsp3) is 0.235. The van der Waals surface area contributed by atoms with Gasteiger partial charge in [-0.25, -0.2) is 8.42 Å². The Morgan fingerprint density at radius 3 is 2.24 bits per heavy atom. The number of ether oxygens (including phenoxy) is 3. The Kier molecular flexibility index (Phi) is 7.86. The zero-order valence-corrected chi connectivity index (χ0v) is 27.4. The second-order valence-electron chi connectivity index (χ2n) is 11.1. The molecule has 0 aromatic heterocycles. The Labute approximate surface area is 272 Å². The van der Waals surface area contributed by atoms with Crippen LogP contribution in [-0.2, 0) is 31.6 Å². The summed E-state index contributed by atoms with van der Waals surface area (Å²) < 4.78 is 46.9. The molecule has 0 saturated heterocycles. The third-order valence-electron chi connectivity index (χ3n) is 8.51. The van der Waals surface area contributed by atoms with Crippen molar-refractivity contribution in [2.45, 2.75) is 22.9 Å². The van der Waals surface area contributed by atoms with Crippen molar-refractivity contribution in [3.63, 3.8) is 0 Å². The number of benzene rings is 4. The number of hydrogen-bond donors (Lipinski definition) is 0. The van der Waals surface area contributed by atoms with Gasteiger partial charge in [0.2, 0.25) is 5.91 Å². The number of likely N-dealkylation sites (N-methyl/N-ethyl adjacent to an activating group) is 1. The van der Waals surface area contributed by atoms with E-state index in [1.807, 2.05) is 24.3 Å². The Bertz CT molecular complexity index is 1980. The van der Waals surface area contributed by atoms with E-state index >= 15 is 4.79 Å². The number of carbonyl (C=O) groups excluding carboxylic acids is 2. The highest BCUT2D eigenvalue weighted by Gasteiger charge is 2.64. The molecule has 0 spiro atoms. The van der Waals surface area contributed by atoms with Crippen LogP contribution in [0.3, 0.4) is 0 Å². The maximum Gasteiger partial charge on any atom is 0.276 e. The van der Waals surface area contributed by atoms with E-state index in [-0.39, 0.29) is 39.2 Å². The van der Waals surface area contributed by atoms with Crippen molar-refractivity contribution >= 4 is 44.8 Å². The Hall–Kier alpha value is -4.74. The second kappa shape index (κ2) is 11.6. The van der Waals surface area contributed by atoms with Gasteiger partial charge < -0.3 is 24.0 Å². The van der Waals surface area contributed by atoms with Gasteiger partial charge in [0.1, 0.15) is 28.2 Å². The lowest BCUT2D eigenvalue weighted by Gasteiger charge is -2.44. The van der Waals surface area contributed by atoms with E-state index in [1.165, 1.54) is 56.6 Å². The first-order valence-corrected chi connectivity index (χ1v) is 16.2. The molecule has 0 saturated carbocycles. The molecule has 2 aliphatic rings. The van der Waals surface area contributed by atoms with Gasteiger partial charge in [-0.2, -0.15) is 4.31 Å². The van der Waals surface area contributed by atoms with Gasteiger partial charge >= 0.3 is 0 Å². The summed E-state index contributed by atoms with van der Waals surface area (Å²) in [6.07, 6.45) is 0.284. The summed E-state index contributed by atoms with van der Waals surface area (Å²) in [7, 11) is 2.91. The monoisotopic (exact) mass is 661 g/mol. The minimum absolute atomic E-state index is 0.00960. The molecule has 2 heterocycles. The summed E-state index contributed by atoms with van der Waals surface area (Å²) in [5.41, 5.74) is 0.222. The third-order valence-corrected chi connectivity index (χ3v) is 10.5. The van der Waals surface area contributed by atoms with Crippen LogP contribution in [0.5, 0.6) is 17.2 Å². The number of carbonyl (C=O) groups is 2. The first-order chi connectivity index (χ1) is 22.0. The molecule has 2 amide bonds. The highest BCUT2D eigenvalue weighted by atomic mass is 35.5. The minimum Gasteiger partial charge on any atom is -0.497 e. The van der Waals surface area contributed by atoms with Crippen LogP contribution in [0.1, 0.15) is 16.7 Å². The summed E-state index contributed by atoms with van der Waals surface area (Å²) in [6, 6.07) is 22.3. The van der Waals surface area contributed by atoms with E-state index in [0.717, 1.165) is 9.87 Å². The number of sulfonamides is 1. The van der Waals surface area contributed by atoms with Crippen LogP contribution in [-0.4, -0.2) is 66.6 Å². The quantitative estimate of drug-likeness (QED) is 0.264. The maximum absolute atomic E-state index is 15.6. The summed E-state index contributed by atoms with van der Waals surface area (Å²) in [5.74, 6) is -0.411. The summed E-state index contributed by atoms with van der Waals surface area (Å²) in [5, 5.41) is 0.273. The number of rotatable bonds is 8. The van der Waals surface area contributed by atoms with Crippen LogP contribution >= 0.6 is 11.6 Å². The van der Waals surface area contributed by atoms with Gasteiger partial charge in [0.15, 0.2) is 5.54 Å². The number of para-hydroxylation sites is 2. The van der Waals surface area contributed by atoms with Crippen molar-refractivity contribution in [3.05, 3.63) is 107 Å². The predicted octanol–water partition coefficient (Wildman–Crippen LogP) is 4.86. The van der Waals surface area contributed by atoms with Crippen LogP contribution in [0.25, 0.3) is 0 Å². The summed E-state index contributed by atoms with van der Waals surface area (Å²) >= 11 is 6.64. The molecule has 46 heavy (non-hydrogen) atoms. The molecule has 4 aromatic rings. The molecular weight excluding hydrogens is 630 g/mol. The lowest BCUT2D eigenvalue weighted by atomic mass is 9.80. The molecule has 0 N–H and O–H groups in total. The molecule has 0 aliphatic carbocycles. The number of nitrogens with zero attached hydrogens (tertiary/aromatic N) is 3. The molecule has 238 valence electrons. The lowest BCUT2D eigenvalue weighted by molar-refractivity contribution is -0.130. The third kappa shape index (κ3) is 4.48. The Balaban J connectivity index is 1.73. The van der Waals surface area contributed by atoms with Crippen molar-refractivity contribution in [3.8, 4) is 17.2 Å². The van der Waals surface area contributed by atoms with Crippen molar-refractivity contribution in [2.75, 3.05) is 44.6 Å². The van der Waals surface area contributed by atoms with Gasteiger partial charge in [-0.3, -0.25) is 9.59 Å². The molecule has 2 aliphatic heterocycles. The van der Waals surface area contributed by atoms with Gasteiger partial charge in [0.25, 0.3) is 15.9 Å². The van der Waals surface area contributed by atoms with E-state index in [2.05, 4.69) is 0 Å². The van der Waals surface area contributed by atoms with Gasteiger partial charge in [0.05, 0.1) is 27.0 Å². The van der Waals surface area contributed by atoms with E-state index < -0.39 is 27.5 Å². The highest BCUT2D eigenvalue weighted by molar-refractivity contribution is 7.93. The van der Waals surface area contributed by atoms with E-state index in [9.17, 15) is 13.2 Å². The first kappa shape index (κ1) is 31.3. The van der Waals surface area contributed by atoms with Gasteiger partial charge in [-0.15, -0.1) is 0 Å². The number of amides is 2. The summed E-state index contributed by atoms with van der Waals surface area (Å²) in [6.45, 7) is 0. The number of halogens is 1. The van der Waals surface area contributed by atoms with Crippen molar-refractivity contribution in [1.29, 1.82) is 0 Å². The van der Waals surface area contributed by atoms with E-state index in [4.69, 9.17) is 25.8 Å². The molecule has 0 fully saturated rings. The molecule has 0 bridgehead atoms. The van der Waals surface area contributed by atoms with Gasteiger partial charge in [0, 0.05) is 48.4 Å². The molecule has 4 aromatic carbocycles. The average Bonchev–Trinajstić information content (AvgIpc) is 3.56. The smallest absolute Gasteiger partial charge is 0.276 e. The minimum atomic E-state index is -4.64. The van der Waals surface area contributed by atoms with E-state index in [1.54, 1.807) is 49.3 Å². The number of fused-ring (bicyclic) bond motifs is 2. The van der Waals surface area contributed by atoms with E-state index in [0.29, 0.717) is 22.7 Å². The second-order valence-corrected chi connectivity index (χ2v) is 13.3. The predicted molar refractivity (Wildman–Crippen MR) is 175 cm³/mol. The molecule has 0 radical (unpaired) electrons. The van der Waals surface area contributed by atoms with Crippen LogP contribution < -0.4 is 23.4 Å². The number of hydrogen-bond acceptors (Lipinski definition) is 8. The standard InChI is InChI=1S/C34H32ClN3O7S/c1-36(2)32(39)28-18-21-10-6-8-12-26(21)37(28)34(24-11-7-9-13-29(24)44-4)25-19-22(35)14-16-27(25)38(33(34)40)46(41,42)31-17-15-23(43-3)20-30(31)45-5/h6-17,19-20,28H,18H2,1-5H3/t28-,34?/m1/s1. The topological polar surface area (TPSA) is 106 Å². The fourth-order valence-corrected chi connectivity index (χ4v) is 8.31. The van der Waals surface area contributed by atoms with Gasteiger partial charge in [-0.1, -0.05) is 48.0 Å². The Morgan fingerprint density at radius 1 is 0.848 bits per heavy atom. The van der Waals surface area contributed by atoms with Crippen molar-refractivity contribution in [1.82, 2.24) is 4.90 Å². The fourth-order valence-electron chi connectivity index (χ4n) is 6.53. The SMILES string of the molecule is COc1ccc(S(=O)(=O)N2C(=O)C(c3ccccc3OC)(N3c4ccccc4C[C@@H]3C(=O)N(C)C)c3cc(Cl)ccc32)c(OC)c1. The van der Waals surface area contributed by atoms with Crippen LogP contribution in [0.4, 0.5) is 11.4 Å². The largest absolute Gasteiger partial charge is 0.497 e. The summed E-state index contributed by atoms with van der Waals surface area (Å²) in [4.78, 5) is 32.5. The van der Waals surface area contributed by atoms with Crippen LogP contribution in [0.2, 0.25) is 5.02 Å². The highest BCUT2D eigenvalue weighted by Crippen LogP contribution is 2.57. The average molecular weight is 662 g/mol. The molecule has 6 rings (SSSR count). The first-order valence-electron chi connectivity index (χ1n) is 14.4. The Morgan fingerprint density at radius 2 is 1.54 bits per heavy atom. The molecule has 2 atom stereocenters. The molecule has 10 nitrogen and oxygen atoms in total. The zero-order chi connectivity index (χ0) is 33.0. The zero-order valence-electron chi connectivity index (χ0n) is 25.9. The van der Waals surface area contributed by atoms with Crippen LogP contribution in [0.15, 0.2) is 89.8 Å². The lowest BCUT2D eigenvalue weighted by Crippen LogP contribution is -2.60. The van der Waals surface area contributed by atoms with Crippen molar-refractivity contribution < 1.29 is 32.2 Å².